The van der Waals surface area contributed by atoms with E-state index in [9.17, 15) is 29.8 Å². The molecule has 3 N–H and O–H groups in total. The summed E-state index contributed by atoms with van der Waals surface area (Å²) in [6.07, 6.45) is -3.23. The van der Waals surface area contributed by atoms with Crippen molar-refractivity contribution in [1.82, 2.24) is 15.0 Å². The van der Waals surface area contributed by atoms with E-state index in [1.54, 1.807) is 31.2 Å². The molecule has 0 radical (unpaired) electrons. The Morgan fingerprint density at radius 1 is 1.27 bits per heavy atom. The number of aliphatic hydroxyl groups excluding tert-OH is 3. The SMILES string of the molecule is CO[C@@H]1[C@@H](n2cc(-c3cc(F)cc(Br)c3)nn2)[C@@H](O)[C@@H](CO)O[C@H]1C(=O)N(c1cc(C)cc(C#N)c1)[C@@H]1CC[C@H]1O. The molecule has 0 spiro atoms. The summed E-state index contributed by atoms with van der Waals surface area (Å²) in [6, 6.07) is 9.74. The molecular weight excluding hydrogens is 601 g/mol. The number of amides is 1. The number of ether oxygens (including phenoxy) is 2. The molecule has 11 nitrogen and oxygen atoms in total. The van der Waals surface area contributed by atoms with Gasteiger partial charge in [0.25, 0.3) is 5.91 Å². The van der Waals surface area contributed by atoms with Crippen molar-refractivity contribution in [3.8, 4) is 17.3 Å². The monoisotopic (exact) mass is 629 g/mol. The third-order valence-electron chi connectivity index (χ3n) is 7.60. The molecule has 3 aromatic rings. The van der Waals surface area contributed by atoms with Crippen LogP contribution in [0.5, 0.6) is 0 Å². The maximum atomic E-state index is 14.3. The number of aromatic nitrogens is 3. The van der Waals surface area contributed by atoms with Gasteiger partial charge in [0, 0.05) is 22.8 Å². The maximum absolute atomic E-state index is 14.3. The lowest BCUT2D eigenvalue weighted by molar-refractivity contribution is -0.211. The number of rotatable bonds is 7. The lowest BCUT2D eigenvalue weighted by atomic mass is 9.85. The summed E-state index contributed by atoms with van der Waals surface area (Å²) in [5, 5.41) is 49.7. The van der Waals surface area contributed by atoms with E-state index < -0.39 is 60.9 Å². The van der Waals surface area contributed by atoms with Gasteiger partial charge < -0.3 is 29.7 Å². The fourth-order valence-electron chi connectivity index (χ4n) is 5.47. The van der Waals surface area contributed by atoms with E-state index in [0.29, 0.717) is 39.8 Å². The van der Waals surface area contributed by atoms with Crippen LogP contribution in [0, 0.1) is 24.1 Å². The van der Waals surface area contributed by atoms with Crippen molar-refractivity contribution in [3.63, 3.8) is 0 Å². The number of hydrogen-bond acceptors (Lipinski definition) is 9. The fraction of sp³-hybridized carbons (Fsp3) is 0.429. The lowest BCUT2D eigenvalue weighted by Gasteiger charge is -2.47. The van der Waals surface area contributed by atoms with E-state index >= 15 is 0 Å². The Labute approximate surface area is 243 Å². The zero-order valence-electron chi connectivity index (χ0n) is 22.3. The Morgan fingerprint density at radius 2 is 2.05 bits per heavy atom. The third-order valence-corrected chi connectivity index (χ3v) is 8.06. The Morgan fingerprint density at radius 3 is 2.66 bits per heavy atom. The number of carbonyl (C=O) groups is 1. The molecule has 1 aliphatic carbocycles. The highest BCUT2D eigenvalue weighted by molar-refractivity contribution is 9.10. The molecule has 2 heterocycles. The van der Waals surface area contributed by atoms with Crippen molar-refractivity contribution in [2.75, 3.05) is 18.6 Å². The summed E-state index contributed by atoms with van der Waals surface area (Å²) < 4.78 is 27.5. The number of benzene rings is 2. The summed E-state index contributed by atoms with van der Waals surface area (Å²) in [5.74, 6) is -1.05. The first kappa shape index (κ1) is 29.2. The van der Waals surface area contributed by atoms with Crippen LogP contribution >= 0.6 is 15.9 Å². The van der Waals surface area contributed by atoms with Crippen LogP contribution in [0.2, 0.25) is 0 Å². The lowest BCUT2D eigenvalue weighted by Crippen LogP contribution is -2.64. The van der Waals surface area contributed by atoms with Crippen LogP contribution in [-0.2, 0) is 14.3 Å². The number of aliphatic hydroxyl groups is 3. The van der Waals surface area contributed by atoms with Crippen LogP contribution in [0.1, 0.15) is 30.0 Å². The Bertz CT molecular complexity index is 1460. The molecule has 5 rings (SSSR count). The first-order chi connectivity index (χ1) is 19.6. The standard InChI is InChI=1S/C28H29BrFN5O6/c1-14-5-15(11-31)7-19(6-14)35(21-3-4-22(21)37)28(39)27-26(40-2)24(25(38)23(13-36)41-27)34-12-20(32-33-34)16-8-17(29)10-18(30)9-16/h5-10,12,21-27,36-38H,3-4,13H2,1-2H3/t21-,22-,23-,24+,25+,26-,27-/m1/s1. The van der Waals surface area contributed by atoms with Crippen LogP contribution in [-0.4, -0.2) is 86.5 Å². The smallest absolute Gasteiger partial charge is 0.259 e. The van der Waals surface area contributed by atoms with Gasteiger partial charge in [0.1, 0.15) is 35.9 Å². The van der Waals surface area contributed by atoms with Gasteiger partial charge in [-0.15, -0.1) is 5.10 Å². The van der Waals surface area contributed by atoms with Gasteiger partial charge >= 0.3 is 0 Å². The van der Waals surface area contributed by atoms with Crippen LogP contribution < -0.4 is 4.90 Å². The van der Waals surface area contributed by atoms with E-state index in [1.807, 2.05) is 0 Å². The molecule has 13 heteroatoms. The molecule has 1 aromatic heterocycles. The zero-order valence-corrected chi connectivity index (χ0v) is 23.8. The second-order valence-corrected chi connectivity index (χ2v) is 11.2. The van der Waals surface area contributed by atoms with E-state index in [2.05, 4.69) is 32.3 Å². The summed E-state index contributed by atoms with van der Waals surface area (Å²) in [6.45, 7) is 1.19. The quantitative estimate of drug-likeness (QED) is 0.357. The normalized spacial score (nSPS) is 27.6. The molecule has 7 atom stereocenters. The number of methoxy groups -OCH3 is 1. The minimum atomic E-state index is -1.35. The molecule has 0 bridgehead atoms. The van der Waals surface area contributed by atoms with E-state index in [-0.39, 0.29) is 0 Å². The number of hydrogen-bond donors (Lipinski definition) is 3. The van der Waals surface area contributed by atoms with Crippen LogP contribution in [0.4, 0.5) is 10.1 Å². The highest BCUT2D eigenvalue weighted by atomic mass is 79.9. The largest absolute Gasteiger partial charge is 0.394 e. The number of carbonyl (C=O) groups excluding carboxylic acids is 1. The second kappa shape index (κ2) is 11.9. The fourth-order valence-corrected chi connectivity index (χ4v) is 5.93. The molecule has 41 heavy (non-hydrogen) atoms. The van der Waals surface area contributed by atoms with Gasteiger partial charge in [0.2, 0.25) is 0 Å². The Hall–Kier alpha value is -3.25. The first-order valence-electron chi connectivity index (χ1n) is 13.0. The van der Waals surface area contributed by atoms with Crippen molar-refractivity contribution in [3.05, 3.63) is 64.0 Å². The first-order valence-corrected chi connectivity index (χ1v) is 13.8. The van der Waals surface area contributed by atoms with Gasteiger partial charge in [-0.25, -0.2) is 9.07 Å². The zero-order chi connectivity index (χ0) is 29.4. The predicted molar refractivity (Wildman–Crippen MR) is 147 cm³/mol. The number of anilines is 1. The van der Waals surface area contributed by atoms with Gasteiger partial charge in [-0.1, -0.05) is 21.1 Å². The third kappa shape index (κ3) is 5.63. The van der Waals surface area contributed by atoms with Crippen molar-refractivity contribution < 1.29 is 34.0 Å². The molecule has 2 fully saturated rings. The van der Waals surface area contributed by atoms with Crippen molar-refractivity contribution >= 4 is 27.5 Å². The van der Waals surface area contributed by atoms with Gasteiger partial charge in [0.05, 0.1) is 36.6 Å². The molecule has 1 amide bonds. The molecule has 0 unspecified atom stereocenters. The topological polar surface area (TPSA) is 154 Å². The van der Waals surface area contributed by atoms with Crippen LogP contribution in [0.3, 0.4) is 0 Å². The average Bonchev–Trinajstić information content (AvgIpc) is 3.43. The van der Waals surface area contributed by atoms with E-state index in [0.717, 1.165) is 5.56 Å². The highest BCUT2D eigenvalue weighted by Gasteiger charge is 2.52. The highest BCUT2D eigenvalue weighted by Crippen LogP contribution is 2.37. The van der Waals surface area contributed by atoms with Gasteiger partial charge in [-0.3, -0.25) is 4.79 Å². The number of nitrogens with zero attached hydrogens (tertiary/aromatic N) is 5. The molecule has 216 valence electrons. The van der Waals surface area contributed by atoms with Crippen molar-refractivity contribution in [2.45, 2.75) is 62.4 Å². The van der Waals surface area contributed by atoms with Crippen LogP contribution in [0.25, 0.3) is 11.3 Å². The minimum Gasteiger partial charge on any atom is -0.394 e. The Kier molecular flexibility index (Phi) is 8.51. The number of halogens is 2. The molecule has 2 aliphatic rings. The predicted octanol–water partition coefficient (Wildman–Crippen LogP) is 2.26. The number of nitriles is 1. The van der Waals surface area contributed by atoms with Gasteiger partial charge in [0.15, 0.2) is 6.10 Å². The summed E-state index contributed by atoms with van der Waals surface area (Å²) >= 11 is 3.26. The maximum Gasteiger partial charge on any atom is 0.259 e. The molecule has 2 aromatic carbocycles. The van der Waals surface area contributed by atoms with E-state index in [1.165, 1.54) is 35.0 Å². The summed E-state index contributed by atoms with van der Waals surface area (Å²) in [5.41, 5.74) is 2.25. The average molecular weight is 630 g/mol. The van der Waals surface area contributed by atoms with Crippen molar-refractivity contribution in [1.29, 1.82) is 5.26 Å². The van der Waals surface area contributed by atoms with E-state index in [4.69, 9.17) is 9.47 Å². The molecule has 1 saturated heterocycles. The number of aryl methyl sites for hydroxylation is 1. The molecular formula is C28H29BrFN5O6. The summed E-state index contributed by atoms with van der Waals surface area (Å²) in [7, 11) is 1.36. The second-order valence-electron chi connectivity index (χ2n) is 10.3. The summed E-state index contributed by atoms with van der Waals surface area (Å²) in [4.78, 5) is 15.7. The molecule has 1 saturated carbocycles. The molecule has 1 aliphatic heterocycles. The van der Waals surface area contributed by atoms with Crippen LogP contribution in [0.15, 0.2) is 47.1 Å². The Balaban J connectivity index is 1.54. The van der Waals surface area contributed by atoms with Gasteiger partial charge in [-0.2, -0.15) is 5.26 Å². The van der Waals surface area contributed by atoms with Crippen molar-refractivity contribution in [2.24, 2.45) is 0 Å². The minimum absolute atomic E-state index is 0.310. The van der Waals surface area contributed by atoms with Gasteiger partial charge in [-0.05, 0) is 61.7 Å².